The fourth-order valence-electron chi connectivity index (χ4n) is 2.77. The van der Waals surface area contributed by atoms with Gasteiger partial charge in [0, 0.05) is 19.3 Å². The van der Waals surface area contributed by atoms with Gasteiger partial charge >= 0.3 is 0 Å². The quantitative estimate of drug-likeness (QED) is 0.645. The van der Waals surface area contributed by atoms with Crippen LogP contribution < -0.4 is 11.3 Å². The zero-order valence-corrected chi connectivity index (χ0v) is 13.5. The number of carbonyl (C=O) groups is 1. The van der Waals surface area contributed by atoms with Crippen molar-refractivity contribution in [1.29, 1.82) is 0 Å². The third-order valence-corrected chi connectivity index (χ3v) is 3.50. The van der Waals surface area contributed by atoms with E-state index < -0.39 is 11.2 Å². The molecule has 0 radical (unpaired) electrons. The smallest absolute Gasteiger partial charge is 0.255 e. The number of amides is 1. The van der Waals surface area contributed by atoms with Gasteiger partial charge in [0.2, 0.25) is 0 Å². The molecule has 116 valence electrons. The molecule has 7 heteroatoms. The van der Waals surface area contributed by atoms with Crippen molar-refractivity contribution in [3.05, 3.63) is 22.8 Å². The molecule has 2 rings (SSSR count). The Balaban J connectivity index is 2.25. The lowest BCUT2D eigenvalue weighted by molar-refractivity contribution is -0.171. The summed E-state index contributed by atoms with van der Waals surface area (Å²) >= 11 is 6.02. The Morgan fingerprint density at radius 1 is 1.38 bits per heavy atom. The number of nitrogens with zero attached hydrogens (tertiary/aromatic N) is 2. The summed E-state index contributed by atoms with van der Waals surface area (Å²) in [4.78, 5) is 18.5. The Kier molecular flexibility index (Phi) is 4.15. The molecule has 0 aromatic carbocycles. The van der Waals surface area contributed by atoms with Crippen LogP contribution in [0, 0.1) is 0 Å². The van der Waals surface area contributed by atoms with Crippen LogP contribution in [0.25, 0.3) is 0 Å². The van der Waals surface area contributed by atoms with Crippen molar-refractivity contribution < 1.29 is 9.53 Å². The predicted molar refractivity (Wildman–Crippen MR) is 82.2 cm³/mol. The van der Waals surface area contributed by atoms with Crippen molar-refractivity contribution in [3.8, 4) is 0 Å². The van der Waals surface area contributed by atoms with Crippen LogP contribution in [0.4, 0.5) is 5.82 Å². The lowest BCUT2D eigenvalue weighted by atomic mass is 9.98. The molecule has 0 atom stereocenters. The van der Waals surface area contributed by atoms with Gasteiger partial charge < -0.3 is 15.1 Å². The molecule has 1 aliphatic heterocycles. The number of hydrazine groups is 1. The third kappa shape index (κ3) is 3.64. The van der Waals surface area contributed by atoms with Crippen molar-refractivity contribution in [1.82, 2.24) is 9.88 Å². The number of hydrogen-bond acceptors (Lipinski definition) is 5. The second kappa shape index (κ2) is 5.44. The number of rotatable bonds is 2. The molecule has 1 saturated heterocycles. The summed E-state index contributed by atoms with van der Waals surface area (Å²) in [6, 6.07) is 1.57. The molecule has 0 unspecified atom stereocenters. The van der Waals surface area contributed by atoms with Gasteiger partial charge in [0.05, 0.1) is 21.8 Å². The monoisotopic (exact) mass is 312 g/mol. The van der Waals surface area contributed by atoms with Crippen molar-refractivity contribution in [2.45, 2.75) is 38.9 Å². The molecule has 0 aliphatic carbocycles. The Bertz CT molecular complexity index is 544. The first-order chi connectivity index (χ1) is 9.63. The van der Waals surface area contributed by atoms with Gasteiger partial charge in [-0.2, -0.15) is 0 Å². The minimum atomic E-state index is -0.395. The lowest BCUT2D eigenvalue weighted by Gasteiger charge is -2.47. The highest BCUT2D eigenvalue weighted by Gasteiger charge is 2.40. The number of ether oxygens (including phenoxy) is 1. The summed E-state index contributed by atoms with van der Waals surface area (Å²) in [6.45, 7) is 8.93. The van der Waals surface area contributed by atoms with E-state index in [2.05, 4.69) is 10.4 Å². The second-order valence-electron chi connectivity index (χ2n) is 6.48. The normalized spacial score (nSPS) is 20.2. The van der Waals surface area contributed by atoms with Crippen molar-refractivity contribution in [3.63, 3.8) is 0 Å². The highest BCUT2D eigenvalue weighted by atomic mass is 35.5. The van der Waals surface area contributed by atoms with Gasteiger partial charge in [-0.25, -0.2) is 10.8 Å². The molecule has 1 aromatic rings. The maximum atomic E-state index is 12.6. The van der Waals surface area contributed by atoms with Crippen LogP contribution >= 0.6 is 11.6 Å². The summed E-state index contributed by atoms with van der Waals surface area (Å²) in [6.07, 6.45) is 1.47. The standard InChI is InChI=1S/C14H21ClN4O2/c1-13(2)7-19(8-14(3,4)21-13)12(20)9-5-10(15)11(18-16)17-6-9/h5-6H,7-8,16H2,1-4H3,(H,17,18). The molecular formula is C14H21ClN4O2. The molecule has 1 aliphatic rings. The van der Waals surface area contributed by atoms with Crippen molar-refractivity contribution in [2.75, 3.05) is 18.5 Å². The number of halogens is 1. The molecule has 2 heterocycles. The van der Waals surface area contributed by atoms with Crippen LogP contribution in [-0.2, 0) is 4.74 Å². The van der Waals surface area contributed by atoms with E-state index in [1.807, 2.05) is 27.7 Å². The fraction of sp³-hybridized carbons (Fsp3) is 0.571. The molecule has 0 bridgehead atoms. The van der Waals surface area contributed by atoms with Crippen molar-refractivity contribution in [2.24, 2.45) is 5.84 Å². The molecular weight excluding hydrogens is 292 g/mol. The number of nitrogens with two attached hydrogens (primary N) is 1. The first-order valence-electron chi connectivity index (χ1n) is 6.75. The third-order valence-electron chi connectivity index (χ3n) is 3.21. The summed E-state index contributed by atoms with van der Waals surface area (Å²) in [5, 5.41) is 0.315. The Labute approximate surface area is 129 Å². The van der Waals surface area contributed by atoms with Gasteiger partial charge in [-0.1, -0.05) is 11.6 Å². The number of hydrogen-bond donors (Lipinski definition) is 2. The summed E-state index contributed by atoms with van der Waals surface area (Å²) in [5.74, 6) is 5.51. The minimum Gasteiger partial charge on any atom is -0.366 e. The molecule has 0 saturated carbocycles. The topological polar surface area (TPSA) is 80.5 Å². The first-order valence-corrected chi connectivity index (χ1v) is 7.13. The predicted octanol–water partition coefficient (Wildman–Crippen LogP) is 2.05. The van der Waals surface area contributed by atoms with Gasteiger partial charge in [0.15, 0.2) is 5.82 Å². The largest absolute Gasteiger partial charge is 0.366 e. The SMILES string of the molecule is CC1(C)CN(C(=O)c2cnc(NN)c(Cl)c2)CC(C)(C)O1. The molecule has 3 N–H and O–H groups in total. The average Bonchev–Trinajstić information content (AvgIpc) is 2.34. The van der Waals surface area contributed by atoms with Crippen LogP contribution in [0.5, 0.6) is 0 Å². The van der Waals surface area contributed by atoms with Crippen LogP contribution in [0.1, 0.15) is 38.1 Å². The molecule has 1 aromatic heterocycles. The minimum absolute atomic E-state index is 0.113. The van der Waals surface area contributed by atoms with E-state index in [1.54, 1.807) is 11.0 Å². The zero-order valence-electron chi connectivity index (χ0n) is 12.7. The van der Waals surface area contributed by atoms with E-state index in [0.717, 1.165) is 0 Å². The molecule has 1 amide bonds. The van der Waals surface area contributed by atoms with Crippen molar-refractivity contribution >= 4 is 23.3 Å². The highest BCUT2D eigenvalue weighted by molar-refractivity contribution is 6.33. The molecule has 6 nitrogen and oxygen atoms in total. The molecule has 21 heavy (non-hydrogen) atoms. The second-order valence-corrected chi connectivity index (χ2v) is 6.89. The average molecular weight is 313 g/mol. The van der Waals surface area contributed by atoms with E-state index in [1.165, 1.54) is 6.20 Å². The van der Waals surface area contributed by atoms with E-state index in [4.69, 9.17) is 22.2 Å². The van der Waals surface area contributed by atoms with E-state index >= 15 is 0 Å². The van der Waals surface area contributed by atoms with Crippen LogP contribution in [0.2, 0.25) is 5.02 Å². The Morgan fingerprint density at radius 3 is 2.43 bits per heavy atom. The molecule has 1 fully saturated rings. The van der Waals surface area contributed by atoms with Crippen LogP contribution in [0.15, 0.2) is 12.3 Å². The summed E-state index contributed by atoms with van der Waals surface area (Å²) < 4.78 is 5.98. The van der Waals surface area contributed by atoms with E-state index in [9.17, 15) is 4.79 Å². The molecule has 0 spiro atoms. The maximum absolute atomic E-state index is 12.6. The zero-order chi connectivity index (χ0) is 15.8. The number of nitrogen functional groups attached to an aromatic ring is 1. The maximum Gasteiger partial charge on any atom is 0.255 e. The number of nitrogens with one attached hydrogen (secondary N) is 1. The van der Waals surface area contributed by atoms with Gasteiger partial charge in [0.1, 0.15) is 0 Å². The van der Waals surface area contributed by atoms with E-state index in [0.29, 0.717) is 29.5 Å². The van der Waals surface area contributed by atoms with Crippen LogP contribution in [-0.4, -0.2) is 40.1 Å². The number of pyridine rings is 1. The van der Waals surface area contributed by atoms with Gasteiger partial charge in [0.25, 0.3) is 5.91 Å². The van der Waals surface area contributed by atoms with E-state index in [-0.39, 0.29) is 5.91 Å². The lowest BCUT2D eigenvalue weighted by Crippen LogP contribution is -2.58. The Hall–Kier alpha value is -1.37. The number of morpholine rings is 1. The summed E-state index contributed by atoms with van der Waals surface area (Å²) in [5.41, 5.74) is 2.03. The highest BCUT2D eigenvalue weighted by Crippen LogP contribution is 2.29. The summed E-state index contributed by atoms with van der Waals surface area (Å²) in [7, 11) is 0. The number of aromatic nitrogens is 1. The fourth-order valence-corrected chi connectivity index (χ4v) is 3.00. The van der Waals surface area contributed by atoms with Gasteiger partial charge in [-0.3, -0.25) is 4.79 Å². The van der Waals surface area contributed by atoms with Gasteiger partial charge in [-0.05, 0) is 33.8 Å². The van der Waals surface area contributed by atoms with Gasteiger partial charge in [-0.15, -0.1) is 0 Å². The number of carbonyl (C=O) groups excluding carboxylic acids is 1. The number of anilines is 1. The van der Waals surface area contributed by atoms with Crippen LogP contribution in [0.3, 0.4) is 0 Å². The Morgan fingerprint density at radius 2 is 1.95 bits per heavy atom. The first kappa shape index (κ1) is 16.0.